The van der Waals surface area contributed by atoms with Gasteiger partial charge < -0.3 is 14.5 Å². The molecule has 1 unspecified atom stereocenters. The Bertz CT molecular complexity index is 1350. The molecule has 2 heterocycles. The fourth-order valence-electron chi connectivity index (χ4n) is 5.54. The molecule has 0 aromatic heterocycles. The summed E-state index contributed by atoms with van der Waals surface area (Å²) in [6.45, 7) is 8.41. The highest BCUT2D eigenvalue weighted by molar-refractivity contribution is 7.89. The van der Waals surface area contributed by atoms with E-state index in [4.69, 9.17) is 4.74 Å². The zero-order chi connectivity index (χ0) is 28.8. The van der Waals surface area contributed by atoms with Crippen LogP contribution < -0.4 is 14.9 Å². The highest BCUT2D eigenvalue weighted by Crippen LogP contribution is 2.45. The largest absolute Gasteiger partial charge is 0.444 e. The van der Waals surface area contributed by atoms with Crippen molar-refractivity contribution in [1.29, 1.82) is 0 Å². The molecule has 2 atom stereocenters. The number of ether oxygens (including phenoxy) is 1. The van der Waals surface area contributed by atoms with E-state index in [1.807, 2.05) is 58.0 Å². The maximum atomic E-state index is 13.7. The van der Waals surface area contributed by atoms with Crippen LogP contribution in [0.5, 0.6) is 0 Å². The van der Waals surface area contributed by atoms with Gasteiger partial charge in [0.25, 0.3) is 5.91 Å². The molecule has 2 aromatic carbocycles. The standard InChI is InChI=1S/C28H40N5O5S/c1-20-26(34)31(7)24-13-8-9-14-25(24)33(20,22-15-17-32(18-16-22)27(35)38-28(2,3)4)29-21-11-10-12-23(19-21)39(36,37)30(5)6/h8-14,19-20,22,29H,15-18H2,1-7H3/q+1/t20-,33?/m1/s1. The zero-order valence-corrected chi connectivity index (χ0v) is 24.7. The number of sulfonamides is 1. The van der Waals surface area contributed by atoms with Crippen molar-refractivity contribution in [3.05, 3.63) is 48.5 Å². The van der Waals surface area contributed by atoms with Crippen LogP contribution >= 0.6 is 0 Å². The van der Waals surface area contributed by atoms with Gasteiger partial charge in [0.1, 0.15) is 17.3 Å². The predicted octanol–water partition coefficient (Wildman–Crippen LogP) is 4.04. The fraction of sp³-hybridized carbons (Fsp3) is 0.500. The Labute approximate surface area is 231 Å². The first kappa shape index (κ1) is 28.8. The SMILES string of the molecule is C[C@@H]1C(=O)N(C)c2ccccc2[N+]1(Nc1cccc(S(=O)(=O)N(C)C)c1)C1CCN(C(=O)OC(C)(C)C)CC1. The second kappa shape index (κ2) is 10.4. The highest BCUT2D eigenvalue weighted by atomic mass is 32.2. The number of rotatable bonds is 5. The van der Waals surface area contributed by atoms with Gasteiger partial charge in [-0.1, -0.05) is 18.2 Å². The first-order valence-corrected chi connectivity index (χ1v) is 14.7. The van der Waals surface area contributed by atoms with Crippen LogP contribution in [-0.2, 0) is 19.6 Å². The van der Waals surface area contributed by atoms with E-state index in [1.54, 1.807) is 35.0 Å². The van der Waals surface area contributed by atoms with Gasteiger partial charge in [-0.3, -0.25) is 4.79 Å². The fourth-order valence-corrected chi connectivity index (χ4v) is 6.48. The molecule has 39 heavy (non-hydrogen) atoms. The second-order valence-corrected chi connectivity index (χ2v) is 13.6. The quantitative estimate of drug-likeness (QED) is 0.557. The molecule has 10 nitrogen and oxygen atoms in total. The summed E-state index contributed by atoms with van der Waals surface area (Å²) in [5.74, 6) is -0.0483. The highest BCUT2D eigenvalue weighted by Gasteiger charge is 2.55. The van der Waals surface area contributed by atoms with Crippen LogP contribution in [0, 0.1) is 0 Å². The van der Waals surface area contributed by atoms with Crippen LogP contribution in [0.4, 0.5) is 21.9 Å². The van der Waals surface area contributed by atoms with Crippen molar-refractivity contribution >= 4 is 39.1 Å². The lowest BCUT2D eigenvalue weighted by atomic mass is 9.95. The van der Waals surface area contributed by atoms with Crippen LogP contribution in [0.25, 0.3) is 0 Å². The Morgan fingerprint density at radius 1 is 1.08 bits per heavy atom. The molecule has 0 saturated carbocycles. The van der Waals surface area contributed by atoms with E-state index in [0.29, 0.717) is 31.6 Å². The van der Waals surface area contributed by atoms with Crippen molar-refractivity contribution in [1.82, 2.24) is 13.8 Å². The van der Waals surface area contributed by atoms with Crippen molar-refractivity contribution in [2.24, 2.45) is 0 Å². The van der Waals surface area contributed by atoms with Crippen LogP contribution in [-0.4, -0.2) is 81.5 Å². The molecule has 2 aliphatic heterocycles. The minimum absolute atomic E-state index is 0.0483. The number of piperidine rings is 1. The van der Waals surface area contributed by atoms with Gasteiger partial charge in [0.05, 0.1) is 10.6 Å². The topological polar surface area (TPSA) is 99.3 Å². The molecular weight excluding hydrogens is 518 g/mol. The van der Waals surface area contributed by atoms with Crippen molar-refractivity contribution < 1.29 is 22.7 Å². The van der Waals surface area contributed by atoms with Gasteiger partial charge in [-0.15, -0.1) is 0 Å². The summed E-state index contributed by atoms with van der Waals surface area (Å²) >= 11 is 0. The number of likely N-dealkylation sites (N-methyl/N-ethyl adjacent to an activating group) is 1. The molecule has 4 rings (SSSR count). The number of carbonyl (C=O) groups is 2. The van der Waals surface area contributed by atoms with Gasteiger partial charge in [0.15, 0.2) is 11.7 Å². The van der Waals surface area contributed by atoms with Crippen LogP contribution in [0.3, 0.4) is 0 Å². The average molecular weight is 559 g/mol. The van der Waals surface area contributed by atoms with E-state index in [9.17, 15) is 18.0 Å². The Hall–Kier alpha value is -3.15. The number of benzene rings is 2. The summed E-state index contributed by atoms with van der Waals surface area (Å²) in [5, 5.41) is 0. The zero-order valence-electron chi connectivity index (χ0n) is 23.8. The number of hydrogen-bond donors (Lipinski definition) is 1. The first-order valence-electron chi connectivity index (χ1n) is 13.2. The molecular formula is C28H40N5O5S+. The van der Waals surface area contributed by atoms with E-state index >= 15 is 0 Å². The van der Waals surface area contributed by atoms with Gasteiger partial charge in [-0.05, 0) is 52.0 Å². The molecule has 0 bridgehead atoms. The summed E-state index contributed by atoms with van der Waals surface area (Å²) in [6.07, 6.45) is 0.903. The molecule has 2 amide bonds. The average Bonchev–Trinajstić information content (AvgIpc) is 2.89. The second-order valence-electron chi connectivity index (χ2n) is 11.5. The van der Waals surface area contributed by atoms with E-state index in [2.05, 4.69) is 5.43 Å². The van der Waals surface area contributed by atoms with Crippen LogP contribution in [0.15, 0.2) is 53.4 Å². The van der Waals surface area contributed by atoms with E-state index < -0.39 is 21.7 Å². The first-order chi connectivity index (χ1) is 18.2. The number of fused-ring (bicyclic) bond motifs is 1. The third kappa shape index (κ3) is 5.35. The van der Waals surface area contributed by atoms with Crippen molar-refractivity contribution in [3.8, 4) is 0 Å². The molecule has 0 radical (unpaired) electrons. The number of anilines is 2. The van der Waals surface area contributed by atoms with E-state index in [-0.39, 0.29) is 27.5 Å². The third-order valence-corrected chi connectivity index (χ3v) is 9.37. The molecule has 1 fully saturated rings. The molecule has 1 N–H and O–H groups in total. The Kier molecular flexibility index (Phi) is 7.72. The van der Waals surface area contributed by atoms with Crippen LogP contribution in [0.1, 0.15) is 40.5 Å². The molecule has 1 saturated heterocycles. The molecule has 212 valence electrons. The number of carbonyl (C=O) groups excluding carboxylic acids is 2. The number of likely N-dealkylation sites (tertiary alicyclic amines) is 1. The lowest BCUT2D eigenvalue weighted by Gasteiger charge is -2.52. The Morgan fingerprint density at radius 2 is 1.72 bits per heavy atom. The van der Waals surface area contributed by atoms with Gasteiger partial charge >= 0.3 is 6.09 Å². The summed E-state index contributed by atoms with van der Waals surface area (Å²) in [4.78, 5) is 30.0. The summed E-state index contributed by atoms with van der Waals surface area (Å²) in [7, 11) is 1.12. The number of quaternary nitrogens is 1. The Morgan fingerprint density at radius 3 is 2.33 bits per heavy atom. The minimum atomic E-state index is -3.66. The number of nitrogens with one attached hydrogen (secondary N) is 1. The van der Waals surface area contributed by atoms with E-state index in [1.165, 1.54) is 18.4 Å². The van der Waals surface area contributed by atoms with Gasteiger partial charge in [0.2, 0.25) is 10.0 Å². The summed E-state index contributed by atoms with van der Waals surface area (Å²) in [6, 6.07) is 13.9. The third-order valence-electron chi connectivity index (χ3n) is 7.56. The molecule has 11 heteroatoms. The predicted molar refractivity (Wildman–Crippen MR) is 153 cm³/mol. The van der Waals surface area contributed by atoms with Crippen molar-refractivity contribution in [3.63, 3.8) is 0 Å². The number of para-hydroxylation sites is 2. The maximum absolute atomic E-state index is 13.7. The molecule has 2 aliphatic rings. The number of nitrogens with zero attached hydrogens (tertiary/aromatic N) is 4. The number of hydrogen-bond acceptors (Lipinski definition) is 6. The Balaban J connectivity index is 1.77. The maximum Gasteiger partial charge on any atom is 0.410 e. The smallest absolute Gasteiger partial charge is 0.410 e. The van der Waals surface area contributed by atoms with Gasteiger partial charge in [0, 0.05) is 53.1 Å². The van der Waals surface area contributed by atoms with Crippen molar-refractivity contribution in [2.75, 3.05) is 44.6 Å². The van der Waals surface area contributed by atoms with Gasteiger partial charge in [-0.2, -0.15) is 4.59 Å². The van der Waals surface area contributed by atoms with Crippen LogP contribution in [0.2, 0.25) is 0 Å². The number of amides is 2. The minimum Gasteiger partial charge on any atom is -0.444 e. The molecule has 0 aliphatic carbocycles. The summed E-state index contributed by atoms with van der Waals surface area (Å²) < 4.78 is 32.7. The lowest BCUT2D eigenvalue weighted by Crippen LogP contribution is -2.73. The molecule has 2 aromatic rings. The normalized spacial score (nSPS) is 22.6. The van der Waals surface area contributed by atoms with Gasteiger partial charge in [-0.25, -0.2) is 22.9 Å². The lowest BCUT2D eigenvalue weighted by molar-refractivity contribution is -0.124. The molecule has 0 spiro atoms. The van der Waals surface area contributed by atoms with E-state index in [0.717, 1.165) is 11.4 Å². The summed E-state index contributed by atoms with van der Waals surface area (Å²) in [5.41, 5.74) is 5.34. The monoisotopic (exact) mass is 558 g/mol. The van der Waals surface area contributed by atoms with Crippen molar-refractivity contribution in [2.45, 2.75) is 63.1 Å².